The van der Waals surface area contributed by atoms with Crippen LogP contribution in [0.4, 0.5) is 11.4 Å². The summed E-state index contributed by atoms with van der Waals surface area (Å²) in [5.74, 6) is 1.38. The van der Waals surface area contributed by atoms with Crippen LogP contribution in [0, 0.1) is 16.7 Å². The molecule has 2 aliphatic heterocycles. The predicted octanol–water partition coefficient (Wildman–Crippen LogP) is 6.80. The molecule has 0 radical (unpaired) electrons. The maximum atomic E-state index is 9.83. The first-order chi connectivity index (χ1) is 21.4. The number of aromatic nitrogens is 2. The lowest BCUT2D eigenvalue weighted by atomic mass is 9.72. The van der Waals surface area contributed by atoms with E-state index in [1.807, 2.05) is 18.2 Å². The highest BCUT2D eigenvalue weighted by Gasteiger charge is 2.43. The minimum absolute atomic E-state index is 0.327. The molecular formula is C33H32Cl2N6O3. The van der Waals surface area contributed by atoms with Gasteiger partial charge in [0, 0.05) is 43.4 Å². The molecule has 0 atom stereocenters. The van der Waals surface area contributed by atoms with E-state index in [0.717, 1.165) is 44.1 Å². The molecule has 0 saturated carbocycles. The van der Waals surface area contributed by atoms with Crippen LogP contribution in [0.2, 0.25) is 10.0 Å². The summed E-state index contributed by atoms with van der Waals surface area (Å²) in [4.78, 5) is 11.8. The highest BCUT2D eigenvalue weighted by Crippen LogP contribution is 2.41. The second-order valence-electron chi connectivity index (χ2n) is 11.1. The number of nitriles is 1. The topological polar surface area (TPSA) is 105 Å². The van der Waals surface area contributed by atoms with Crippen molar-refractivity contribution in [3.05, 3.63) is 81.9 Å². The smallest absolute Gasteiger partial charge is 0.170 e. The van der Waals surface area contributed by atoms with Crippen molar-refractivity contribution in [1.29, 1.82) is 5.26 Å². The number of hydrogen-bond donors (Lipinski definition) is 2. The van der Waals surface area contributed by atoms with E-state index >= 15 is 0 Å². The Kier molecular flexibility index (Phi) is 8.78. The van der Waals surface area contributed by atoms with Gasteiger partial charge < -0.3 is 24.8 Å². The maximum absolute atomic E-state index is 9.83. The van der Waals surface area contributed by atoms with E-state index in [1.54, 1.807) is 37.6 Å². The molecule has 1 spiro atoms. The molecule has 11 heteroatoms. The van der Waals surface area contributed by atoms with Gasteiger partial charge in [-0.3, -0.25) is 14.9 Å². The Bertz CT molecular complexity index is 1760. The maximum Gasteiger partial charge on any atom is 0.170 e. The molecule has 0 amide bonds. The molecule has 0 unspecified atom stereocenters. The number of likely N-dealkylation sites (tertiary alicyclic amines) is 1. The van der Waals surface area contributed by atoms with E-state index in [2.05, 4.69) is 32.7 Å². The fraction of sp³-hybridized carbons (Fsp3) is 0.303. The van der Waals surface area contributed by atoms with Crippen LogP contribution in [-0.4, -0.2) is 55.3 Å². The summed E-state index contributed by atoms with van der Waals surface area (Å²) in [6.07, 6.45) is 7.43. The van der Waals surface area contributed by atoms with Crippen molar-refractivity contribution >= 4 is 51.6 Å². The number of piperidine rings is 1. The monoisotopic (exact) mass is 630 g/mol. The summed E-state index contributed by atoms with van der Waals surface area (Å²) in [6, 6.07) is 15.0. The van der Waals surface area contributed by atoms with E-state index < -0.39 is 0 Å². The Labute approximate surface area is 266 Å². The SMILES string of the molecule is COc1cc(Nc2c(C#N)cnc3cc(O/C=C/c4cccc(CN5CC6(CCNCC6)C5)n4)c(OC)cc23)c(Cl)cc1Cl. The number of rotatable bonds is 9. The Morgan fingerprint density at radius 2 is 1.84 bits per heavy atom. The fourth-order valence-corrected chi connectivity index (χ4v) is 6.47. The summed E-state index contributed by atoms with van der Waals surface area (Å²) in [5.41, 5.74) is 4.29. The number of ether oxygens (including phenoxy) is 3. The van der Waals surface area contributed by atoms with Crippen LogP contribution >= 0.6 is 23.2 Å². The molecule has 0 bridgehead atoms. The van der Waals surface area contributed by atoms with E-state index in [0.29, 0.717) is 60.5 Å². The first kappa shape index (κ1) is 30.0. The average Bonchev–Trinajstić information content (AvgIpc) is 3.02. The molecule has 2 aromatic carbocycles. The highest BCUT2D eigenvalue weighted by atomic mass is 35.5. The first-order valence-corrected chi connectivity index (χ1v) is 15.1. The predicted molar refractivity (Wildman–Crippen MR) is 173 cm³/mol. The van der Waals surface area contributed by atoms with Crippen molar-refractivity contribution in [2.75, 3.05) is 45.7 Å². The van der Waals surface area contributed by atoms with Crippen LogP contribution in [-0.2, 0) is 6.54 Å². The van der Waals surface area contributed by atoms with Gasteiger partial charge in [-0.1, -0.05) is 29.3 Å². The minimum Gasteiger partial charge on any atom is -0.495 e. The molecular weight excluding hydrogens is 599 g/mol. The standard InChI is InChI=1S/C33H32Cl2N6O3/c1-42-29-15-28(25(34)13-26(29)35)40-32-21(16-36)17-38-27-14-31(30(43-2)12-24(27)32)44-11-6-22-4-3-5-23(39-22)18-41-19-33(20-41)7-9-37-10-8-33/h3-6,11-15,17,37H,7-10,18-20H2,1-2H3,(H,38,40)/b11-6+. The van der Waals surface area contributed by atoms with Crippen LogP contribution in [0.15, 0.2) is 54.9 Å². The van der Waals surface area contributed by atoms with Gasteiger partial charge in [-0.15, -0.1) is 0 Å². The lowest BCUT2D eigenvalue weighted by molar-refractivity contribution is -0.0289. The normalized spacial score (nSPS) is 16.1. The number of nitrogens with zero attached hydrogens (tertiary/aromatic N) is 4. The van der Waals surface area contributed by atoms with Crippen LogP contribution < -0.4 is 24.8 Å². The zero-order chi connectivity index (χ0) is 30.7. The number of methoxy groups -OCH3 is 2. The zero-order valence-electron chi connectivity index (χ0n) is 24.5. The van der Waals surface area contributed by atoms with Crippen molar-refractivity contribution < 1.29 is 14.2 Å². The molecule has 2 fully saturated rings. The molecule has 0 aliphatic carbocycles. The highest BCUT2D eigenvalue weighted by molar-refractivity contribution is 6.37. The summed E-state index contributed by atoms with van der Waals surface area (Å²) >= 11 is 12.7. The Morgan fingerprint density at radius 1 is 1.05 bits per heavy atom. The zero-order valence-corrected chi connectivity index (χ0v) is 26.0. The molecule has 4 aromatic rings. The summed E-state index contributed by atoms with van der Waals surface area (Å²) in [6.45, 7) is 5.37. The largest absolute Gasteiger partial charge is 0.495 e. The van der Waals surface area contributed by atoms with Crippen LogP contribution in [0.5, 0.6) is 17.2 Å². The second kappa shape index (κ2) is 12.9. The fourth-order valence-electron chi connectivity index (χ4n) is 5.96. The Balaban J connectivity index is 1.20. The van der Waals surface area contributed by atoms with Crippen molar-refractivity contribution in [2.24, 2.45) is 5.41 Å². The van der Waals surface area contributed by atoms with E-state index in [1.165, 1.54) is 26.1 Å². The molecule has 2 N–H and O–H groups in total. The average molecular weight is 632 g/mol. The summed E-state index contributed by atoms with van der Waals surface area (Å²) in [5, 5.41) is 17.9. The van der Waals surface area contributed by atoms with Gasteiger partial charge in [-0.25, -0.2) is 0 Å². The third-order valence-electron chi connectivity index (χ3n) is 8.20. The number of anilines is 2. The van der Waals surface area contributed by atoms with Crippen LogP contribution in [0.25, 0.3) is 17.0 Å². The van der Waals surface area contributed by atoms with Crippen LogP contribution in [0.3, 0.4) is 0 Å². The van der Waals surface area contributed by atoms with Crippen LogP contribution in [0.1, 0.15) is 29.8 Å². The summed E-state index contributed by atoms with van der Waals surface area (Å²) in [7, 11) is 3.08. The van der Waals surface area contributed by atoms with E-state index in [9.17, 15) is 5.26 Å². The van der Waals surface area contributed by atoms with Gasteiger partial charge in [0.1, 0.15) is 11.8 Å². The van der Waals surface area contributed by atoms with Gasteiger partial charge in [-0.05, 0) is 61.7 Å². The number of halogens is 2. The number of fused-ring (bicyclic) bond motifs is 1. The Hall–Kier alpha value is -4.07. The lowest BCUT2D eigenvalue weighted by Crippen LogP contribution is -2.59. The third-order valence-corrected chi connectivity index (χ3v) is 8.81. The molecule has 226 valence electrons. The quantitative estimate of drug-likeness (QED) is 0.193. The number of benzene rings is 2. The first-order valence-electron chi connectivity index (χ1n) is 14.3. The van der Waals surface area contributed by atoms with Gasteiger partial charge in [0.25, 0.3) is 0 Å². The van der Waals surface area contributed by atoms with Crippen molar-refractivity contribution in [3.63, 3.8) is 0 Å². The van der Waals surface area contributed by atoms with Crippen molar-refractivity contribution in [1.82, 2.24) is 20.2 Å². The third kappa shape index (κ3) is 6.26. The Morgan fingerprint density at radius 3 is 2.59 bits per heavy atom. The molecule has 2 saturated heterocycles. The van der Waals surface area contributed by atoms with E-state index in [-0.39, 0.29) is 0 Å². The lowest BCUT2D eigenvalue weighted by Gasteiger charge is -2.52. The number of nitrogens with one attached hydrogen (secondary N) is 2. The van der Waals surface area contributed by atoms with Gasteiger partial charge in [0.15, 0.2) is 11.5 Å². The summed E-state index contributed by atoms with van der Waals surface area (Å²) < 4.78 is 17.0. The number of pyridine rings is 2. The molecule has 4 heterocycles. The van der Waals surface area contributed by atoms with Gasteiger partial charge in [-0.2, -0.15) is 5.26 Å². The molecule has 2 aromatic heterocycles. The van der Waals surface area contributed by atoms with E-state index in [4.69, 9.17) is 42.4 Å². The minimum atomic E-state index is 0.327. The number of hydrogen-bond acceptors (Lipinski definition) is 9. The van der Waals surface area contributed by atoms with Gasteiger partial charge in [0.2, 0.25) is 0 Å². The second-order valence-corrected chi connectivity index (χ2v) is 12.0. The molecule has 9 nitrogen and oxygen atoms in total. The van der Waals surface area contributed by atoms with Gasteiger partial charge in [0.05, 0.1) is 64.4 Å². The van der Waals surface area contributed by atoms with Crippen molar-refractivity contribution in [2.45, 2.75) is 19.4 Å². The van der Waals surface area contributed by atoms with Crippen molar-refractivity contribution in [3.8, 4) is 23.3 Å². The molecule has 44 heavy (non-hydrogen) atoms. The van der Waals surface area contributed by atoms with Gasteiger partial charge >= 0.3 is 0 Å². The molecule has 6 rings (SSSR count). The molecule has 2 aliphatic rings.